The summed E-state index contributed by atoms with van der Waals surface area (Å²) in [5.74, 6) is -1.67. The second-order valence-electron chi connectivity index (χ2n) is 6.87. The number of carbonyl (C=O) groups excluding carboxylic acids is 2. The zero-order chi connectivity index (χ0) is 22.7. The minimum atomic E-state index is -0.917. The third kappa shape index (κ3) is 4.13. The smallest absolute Gasteiger partial charge is 0.262 e. The van der Waals surface area contributed by atoms with Crippen LogP contribution >= 0.6 is 11.3 Å². The van der Waals surface area contributed by atoms with Gasteiger partial charge in [-0.3, -0.25) is 14.5 Å². The lowest BCUT2D eigenvalue weighted by molar-refractivity contribution is -0.105. The Morgan fingerprint density at radius 2 is 1.72 bits per heavy atom. The average Bonchev–Trinajstić information content (AvgIpc) is 3.24. The molecule has 32 heavy (non-hydrogen) atoms. The van der Waals surface area contributed by atoms with Crippen molar-refractivity contribution in [1.82, 2.24) is 4.98 Å². The van der Waals surface area contributed by atoms with Crippen LogP contribution in [0.5, 0.6) is 0 Å². The molecule has 0 aliphatic rings. The van der Waals surface area contributed by atoms with Crippen LogP contribution in [-0.2, 0) is 4.79 Å². The number of nitrogens with zero attached hydrogens (tertiary/aromatic N) is 2. The van der Waals surface area contributed by atoms with Crippen molar-refractivity contribution in [2.75, 3.05) is 17.3 Å². The van der Waals surface area contributed by atoms with Crippen LogP contribution in [0.1, 0.15) is 10.4 Å². The van der Waals surface area contributed by atoms with Crippen LogP contribution in [0.4, 0.5) is 19.6 Å². The molecular weight excluding hydrogens is 432 g/mol. The molecule has 2 aromatic carbocycles. The number of thiophene rings is 1. The maximum atomic E-state index is 13.6. The topological polar surface area (TPSA) is 62.3 Å². The molecule has 0 bridgehead atoms. The van der Waals surface area contributed by atoms with Gasteiger partial charge in [-0.2, -0.15) is 0 Å². The van der Waals surface area contributed by atoms with E-state index < -0.39 is 11.6 Å². The molecule has 2 heterocycles. The van der Waals surface area contributed by atoms with E-state index in [0.717, 1.165) is 17.7 Å². The molecule has 5 nitrogen and oxygen atoms in total. The molecule has 0 atom stereocenters. The van der Waals surface area contributed by atoms with Crippen molar-refractivity contribution in [2.24, 2.45) is 0 Å². The van der Waals surface area contributed by atoms with Crippen LogP contribution in [-0.4, -0.2) is 24.3 Å². The Kier molecular flexibility index (Phi) is 6.04. The average molecular weight is 449 g/mol. The molecule has 8 heteroatoms. The second kappa shape index (κ2) is 9.07. The number of hydrogen-bond donors (Lipinski definition) is 1. The van der Waals surface area contributed by atoms with E-state index in [4.69, 9.17) is 0 Å². The number of rotatable bonds is 6. The lowest BCUT2D eigenvalue weighted by Gasteiger charge is -2.17. The van der Waals surface area contributed by atoms with E-state index in [1.165, 1.54) is 22.3 Å². The summed E-state index contributed by atoms with van der Waals surface area (Å²) in [6.45, 7) is 0. The molecule has 160 valence electrons. The second-order valence-corrected chi connectivity index (χ2v) is 7.75. The van der Waals surface area contributed by atoms with Gasteiger partial charge in [-0.1, -0.05) is 36.4 Å². The fourth-order valence-electron chi connectivity index (χ4n) is 3.28. The van der Waals surface area contributed by atoms with Crippen molar-refractivity contribution in [1.29, 1.82) is 0 Å². The fourth-order valence-corrected chi connectivity index (χ4v) is 4.21. The molecule has 0 saturated carbocycles. The van der Waals surface area contributed by atoms with Crippen LogP contribution < -0.4 is 10.2 Å². The highest BCUT2D eigenvalue weighted by molar-refractivity contribution is 7.15. The summed E-state index contributed by atoms with van der Waals surface area (Å²) in [5.41, 5.74) is 2.96. The minimum absolute atomic E-state index is 0.325. The van der Waals surface area contributed by atoms with Gasteiger partial charge < -0.3 is 5.32 Å². The Balaban J connectivity index is 1.71. The van der Waals surface area contributed by atoms with E-state index in [1.54, 1.807) is 61.1 Å². The monoisotopic (exact) mass is 449 g/mol. The molecule has 0 saturated heterocycles. The van der Waals surface area contributed by atoms with Gasteiger partial charge in [0.2, 0.25) is 6.41 Å². The number of halogens is 2. The van der Waals surface area contributed by atoms with Crippen molar-refractivity contribution in [3.63, 3.8) is 0 Å². The predicted molar refractivity (Wildman–Crippen MR) is 122 cm³/mol. The normalized spacial score (nSPS) is 10.6. The first-order chi connectivity index (χ1) is 15.5. The molecule has 0 unspecified atom stereocenters. The van der Waals surface area contributed by atoms with E-state index in [2.05, 4.69) is 10.3 Å². The first-order valence-corrected chi connectivity index (χ1v) is 10.4. The standard InChI is InChI=1S/C24H17F2N3O2S/c1-29(21-4-2-3-11-27-21)24(31)22-18(13-32-23(22)28-14-30)16-7-5-15(6-8-16)17-9-10-19(25)20(26)12-17/h2-14H,1H3,(H,28,30). The van der Waals surface area contributed by atoms with Gasteiger partial charge in [0, 0.05) is 24.2 Å². The number of amides is 2. The van der Waals surface area contributed by atoms with Gasteiger partial charge in [-0.25, -0.2) is 13.8 Å². The van der Waals surface area contributed by atoms with E-state index in [0.29, 0.717) is 39.5 Å². The van der Waals surface area contributed by atoms with Gasteiger partial charge in [-0.15, -0.1) is 11.3 Å². The number of benzene rings is 2. The highest BCUT2D eigenvalue weighted by atomic mass is 32.1. The number of pyridine rings is 1. The summed E-state index contributed by atoms with van der Waals surface area (Å²) in [4.78, 5) is 30.0. The summed E-state index contributed by atoms with van der Waals surface area (Å²) in [5, 5.41) is 4.81. The molecule has 2 aromatic heterocycles. The maximum Gasteiger partial charge on any atom is 0.262 e. The molecule has 1 N–H and O–H groups in total. The van der Waals surface area contributed by atoms with Crippen LogP contribution in [0.25, 0.3) is 22.3 Å². The third-order valence-corrected chi connectivity index (χ3v) is 5.85. The molecule has 0 fully saturated rings. The van der Waals surface area contributed by atoms with Crippen LogP contribution in [0.3, 0.4) is 0 Å². The van der Waals surface area contributed by atoms with Crippen LogP contribution in [0, 0.1) is 11.6 Å². The van der Waals surface area contributed by atoms with Gasteiger partial charge in [0.05, 0.1) is 5.56 Å². The number of carbonyl (C=O) groups is 2. The molecule has 0 radical (unpaired) electrons. The van der Waals surface area contributed by atoms with Crippen LogP contribution in [0.15, 0.2) is 72.2 Å². The molecule has 2 amide bonds. The first-order valence-electron chi connectivity index (χ1n) is 9.56. The molecule has 0 spiro atoms. The Morgan fingerprint density at radius 1 is 1.00 bits per heavy atom. The number of aromatic nitrogens is 1. The Bertz CT molecular complexity index is 1270. The highest BCUT2D eigenvalue weighted by Gasteiger charge is 2.24. The molecule has 0 aliphatic carbocycles. The van der Waals surface area contributed by atoms with Crippen molar-refractivity contribution < 1.29 is 18.4 Å². The van der Waals surface area contributed by atoms with Crippen molar-refractivity contribution in [3.05, 3.63) is 89.4 Å². The number of anilines is 2. The summed E-state index contributed by atoms with van der Waals surface area (Å²) in [6, 6.07) is 16.1. The van der Waals surface area contributed by atoms with E-state index in [-0.39, 0.29) is 5.91 Å². The predicted octanol–water partition coefficient (Wildman–Crippen LogP) is 5.60. The zero-order valence-corrected chi connectivity index (χ0v) is 17.7. The molecule has 4 rings (SSSR count). The summed E-state index contributed by atoms with van der Waals surface area (Å²) < 4.78 is 26.8. The Labute approximate surface area is 187 Å². The summed E-state index contributed by atoms with van der Waals surface area (Å²) >= 11 is 1.24. The van der Waals surface area contributed by atoms with Crippen LogP contribution in [0.2, 0.25) is 0 Å². The highest BCUT2D eigenvalue weighted by Crippen LogP contribution is 2.37. The Hall–Kier alpha value is -3.91. The number of hydrogen-bond acceptors (Lipinski definition) is 4. The van der Waals surface area contributed by atoms with Gasteiger partial charge in [0.25, 0.3) is 5.91 Å². The van der Waals surface area contributed by atoms with E-state index >= 15 is 0 Å². The summed E-state index contributed by atoms with van der Waals surface area (Å²) in [7, 11) is 1.61. The molecule has 4 aromatic rings. The number of nitrogens with one attached hydrogen (secondary N) is 1. The van der Waals surface area contributed by atoms with Crippen molar-refractivity contribution in [3.8, 4) is 22.3 Å². The van der Waals surface area contributed by atoms with Gasteiger partial charge >= 0.3 is 0 Å². The lowest BCUT2D eigenvalue weighted by Crippen LogP contribution is -2.27. The molecular formula is C24H17F2N3O2S. The summed E-state index contributed by atoms with van der Waals surface area (Å²) in [6.07, 6.45) is 2.12. The SMILES string of the molecule is CN(C(=O)c1c(-c2ccc(-c3ccc(F)c(F)c3)cc2)csc1NC=O)c1ccccn1. The van der Waals surface area contributed by atoms with Crippen molar-refractivity contribution >= 4 is 34.5 Å². The fraction of sp³-hybridized carbons (Fsp3) is 0.0417. The molecule has 0 aliphatic heterocycles. The largest absolute Gasteiger partial charge is 0.320 e. The quantitative estimate of drug-likeness (QED) is 0.390. The van der Waals surface area contributed by atoms with Gasteiger partial charge in [0.15, 0.2) is 11.6 Å². The van der Waals surface area contributed by atoms with Crippen molar-refractivity contribution in [2.45, 2.75) is 0 Å². The lowest BCUT2D eigenvalue weighted by atomic mass is 9.99. The van der Waals surface area contributed by atoms with E-state index in [9.17, 15) is 18.4 Å². The van der Waals surface area contributed by atoms with Gasteiger partial charge in [-0.05, 0) is 41.0 Å². The van der Waals surface area contributed by atoms with E-state index in [1.807, 2.05) is 0 Å². The van der Waals surface area contributed by atoms with Gasteiger partial charge in [0.1, 0.15) is 10.8 Å². The zero-order valence-electron chi connectivity index (χ0n) is 16.9. The minimum Gasteiger partial charge on any atom is -0.320 e. The Morgan fingerprint density at radius 3 is 2.38 bits per heavy atom. The maximum absolute atomic E-state index is 13.6. The third-order valence-electron chi connectivity index (χ3n) is 4.94. The first kappa shape index (κ1) is 21.3.